The summed E-state index contributed by atoms with van der Waals surface area (Å²) in [7, 11) is 0. The van der Waals surface area contributed by atoms with E-state index in [1.165, 1.54) is 11.8 Å². The van der Waals surface area contributed by atoms with Gasteiger partial charge in [0.1, 0.15) is 6.61 Å². The first-order valence-electron chi connectivity index (χ1n) is 6.20. The maximum absolute atomic E-state index is 11.7. The molecule has 21 heavy (non-hydrogen) atoms. The van der Waals surface area contributed by atoms with Crippen LogP contribution in [-0.2, 0) is 19.1 Å². The van der Waals surface area contributed by atoms with E-state index in [1.54, 1.807) is 18.2 Å². The van der Waals surface area contributed by atoms with Gasteiger partial charge in [-0.2, -0.15) is 0 Å². The van der Waals surface area contributed by atoms with Crippen LogP contribution in [0.4, 0.5) is 5.69 Å². The predicted octanol–water partition coefficient (Wildman–Crippen LogP) is 2.95. The first kappa shape index (κ1) is 16.4. The maximum Gasteiger partial charge on any atom is 0.345 e. The molecule has 114 valence electrons. The molecule has 5 nitrogen and oxygen atoms in total. The van der Waals surface area contributed by atoms with Crippen LogP contribution < -0.4 is 5.32 Å². The van der Waals surface area contributed by atoms with Gasteiger partial charge >= 0.3 is 5.97 Å². The van der Waals surface area contributed by atoms with Crippen LogP contribution in [0.25, 0.3) is 0 Å². The fourth-order valence-electron chi connectivity index (χ4n) is 1.66. The van der Waals surface area contributed by atoms with Gasteiger partial charge in [0.2, 0.25) is 11.3 Å². The zero-order chi connectivity index (χ0) is 15.2. The molecule has 1 unspecified atom stereocenters. The minimum atomic E-state index is -0.570. The molecule has 1 heterocycles. The van der Waals surface area contributed by atoms with Gasteiger partial charge in [-0.25, -0.2) is 4.79 Å². The predicted molar refractivity (Wildman–Crippen MR) is 82.9 cm³/mol. The molecule has 1 N–H and O–H groups in total. The smallest absolute Gasteiger partial charge is 0.345 e. The highest BCUT2D eigenvalue weighted by atomic mass is 35.5. The van der Waals surface area contributed by atoms with Gasteiger partial charge < -0.3 is 14.8 Å². The Bertz CT molecular complexity index is 515. The Morgan fingerprint density at radius 2 is 2.05 bits per heavy atom. The molecular weight excluding hydrogens is 337 g/mol. The number of hydrogen-bond donors (Lipinski definition) is 1. The van der Waals surface area contributed by atoms with Crippen LogP contribution in [0.15, 0.2) is 18.2 Å². The van der Waals surface area contributed by atoms with Crippen molar-refractivity contribution in [3.63, 3.8) is 0 Å². The summed E-state index contributed by atoms with van der Waals surface area (Å²) in [6.45, 7) is 0.541. The first-order valence-corrected chi connectivity index (χ1v) is 8.01. The van der Waals surface area contributed by atoms with Crippen LogP contribution in [0.3, 0.4) is 0 Å². The van der Waals surface area contributed by atoms with Crippen molar-refractivity contribution >= 4 is 52.5 Å². The lowest BCUT2D eigenvalue weighted by Crippen LogP contribution is -2.22. The minimum absolute atomic E-state index is 0.000611. The van der Waals surface area contributed by atoms with Gasteiger partial charge in [0.15, 0.2) is 0 Å². The van der Waals surface area contributed by atoms with Gasteiger partial charge in [0, 0.05) is 21.5 Å². The molecule has 1 aromatic rings. The Hall–Kier alpha value is -0.950. The summed E-state index contributed by atoms with van der Waals surface area (Å²) < 4.78 is 10.1. The van der Waals surface area contributed by atoms with Crippen molar-refractivity contribution in [1.29, 1.82) is 0 Å². The summed E-state index contributed by atoms with van der Waals surface area (Å²) in [5, 5.41) is 3.49. The standard InChI is InChI=1S/C13H13Cl2NO4S/c14-8-5-9(15)7-10(6-8)16-11(17)1-2-19-12(18)13-20-3-4-21-13/h5-7,13H,1-4H2,(H,16,17). The van der Waals surface area contributed by atoms with Gasteiger partial charge in [-0.3, -0.25) is 4.79 Å². The molecule has 1 aromatic carbocycles. The van der Waals surface area contributed by atoms with Crippen LogP contribution in [-0.4, -0.2) is 36.3 Å². The summed E-state index contributed by atoms with van der Waals surface area (Å²) in [6.07, 6.45) is 0.0489. The van der Waals surface area contributed by atoms with Gasteiger partial charge in [-0.05, 0) is 18.2 Å². The van der Waals surface area contributed by atoms with E-state index in [4.69, 9.17) is 32.7 Å². The Morgan fingerprint density at radius 3 is 2.67 bits per heavy atom. The highest BCUT2D eigenvalue weighted by molar-refractivity contribution is 8.00. The molecule has 1 aliphatic rings. The molecule has 1 amide bonds. The molecule has 0 saturated carbocycles. The van der Waals surface area contributed by atoms with Crippen molar-refractivity contribution in [2.24, 2.45) is 0 Å². The van der Waals surface area contributed by atoms with E-state index in [0.29, 0.717) is 22.3 Å². The summed E-state index contributed by atoms with van der Waals surface area (Å²) in [4.78, 5) is 23.3. The van der Waals surface area contributed by atoms with Crippen molar-refractivity contribution in [3.8, 4) is 0 Å². The molecule has 8 heteroatoms. The molecule has 0 aliphatic carbocycles. The molecule has 1 saturated heterocycles. The third-order valence-corrected chi connectivity index (χ3v) is 4.00. The van der Waals surface area contributed by atoms with E-state index >= 15 is 0 Å². The number of rotatable bonds is 5. The number of carbonyl (C=O) groups is 2. The Morgan fingerprint density at radius 1 is 1.33 bits per heavy atom. The summed E-state index contributed by atoms with van der Waals surface area (Å²) in [5.41, 5.74) is -0.0710. The van der Waals surface area contributed by atoms with E-state index in [9.17, 15) is 9.59 Å². The number of esters is 1. The largest absolute Gasteiger partial charge is 0.463 e. The molecule has 0 bridgehead atoms. The average molecular weight is 350 g/mol. The number of anilines is 1. The number of ether oxygens (including phenoxy) is 2. The number of carbonyl (C=O) groups excluding carboxylic acids is 2. The monoisotopic (exact) mass is 349 g/mol. The first-order chi connectivity index (χ1) is 10.0. The maximum atomic E-state index is 11.7. The molecule has 0 aromatic heterocycles. The van der Waals surface area contributed by atoms with E-state index < -0.39 is 11.4 Å². The van der Waals surface area contributed by atoms with Crippen molar-refractivity contribution < 1.29 is 19.1 Å². The second-order valence-corrected chi connectivity index (χ2v) is 6.24. The van der Waals surface area contributed by atoms with Gasteiger partial charge in [0.05, 0.1) is 13.0 Å². The number of halogens is 2. The number of amides is 1. The Balaban J connectivity index is 1.73. The highest BCUT2D eigenvalue weighted by Gasteiger charge is 2.25. The summed E-state index contributed by atoms with van der Waals surface area (Å²) in [5.74, 6) is 0.0349. The molecule has 2 rings (SSSR count). The lowest BCUT2D eigenvalue weighted by atomic mass is 10.3. The van der Waals surface area contributed by atoms with Crippen LogP contribution in [0.2, 0.25) is 10.0 Å². The molecule has 1 fully saturated rings. The average Bonchev–Trinajstić information content (AvgIpc) is 2.90. The number of benzene rings is 1. The van der Waals surface area contributed by atoms with Crippen molar-refractivity contribution in [3.05, 3.63) is 28.2 Å². The fourth-order valence-corrected chi connectivity index (χ4v) is 2.99. The number of hydrogen-bond acceptors (Lipinski definition) is 5. The van der Waals surface area contributed by atoms with Crippen LogP contribution in [0.1, 0.15) is 6.42 Å². The highest BCUT2D eigenvalue weighted by Crippen LogP contribution is 2.23. The molecule has 0 spiro atoms. The SMILES string of the molecule is O=C(CCOC(=O)C1OCCS1)Nc1cc(Cl)cc(Cl)c1. The van der Waals surface area contributed by atoms with E-state index in [0.717, 1.165) is 5.75 Å². The van der Waals surface area contributed by atoms with Gasteiger partial charge in [0.25, 0.3) is 0 Å². The summed E-state index contributed by atoms with van der Waals surface area (Å²) in [6, 6.07) is 4.74. The zero-order valence-corrected chi connectivity index (χ0v) is 13.3. The normalized spacial score (nSPS) is 17.5. The number of nitrogens with one attached hydrogen (secondary N) is 1. The fraction of sp³-hybridized carbons (Fsp3) is 0.385. The Labute approximate surface area is 136 Å². The summed E-state index contributed by atoms with van der Waals surface area (Å²) >= 11 is 13.1. The van der Waals surface area contributed by atoms with Crippen LogP contribution in [0, 0.1) is 0 Å². The van der Waals surface area contributed by atoms with Gasteiger partial charge in [-0.1, -0.05) is 23.2 Å². The number of thioether (sulfide) groups is 1. The van der Waals surface area contributed by atoms with Crippen molar-refractivity contribution in [1.82, 2.24) is 0 Å². The molecule has 1 atom stereocenters. The molecule has 0 radical (unpaired) electrons. The molecule has 1 aliphatic heterocycles. The van der Waals surface area contributed by atoms with Crippen LogP contribution >= 0.6 is 35.0 Å². The minimum Gasteiger partial charge on any atom is -0.463 e. The lowest BCUT2D eigenvalue weighted by Gasteiger charge is -2.09. The van der Waals surface area contributed by atoms with E-state index in [1.807, 2.05) is 0 Å². The quantitative estimate of drug-likeness (QED) is 0.828. The third-order valence-electron chi connectivity index (χ3n) is 2.53. The molecular formula is C13H13Cl2NO4S. The van der Waals surface area contributed by atoms with E-state index in [-0.39, 0.29) is 18.9 Å². The Kier molecular flexibility index (Phi) is 6.17. The second-order valence-electron chi connectivity index (χ2n) is 4.20. The topological polar surface area (TPSA) is 64.6 Å². The van der Waals surface area contributed by atoms with Crippen molar-refractivity contribution in [2.45, 2.75) is 11.9 Å². The third kappa shape index (κ3) is 5.39. The lowest BCUT2D eigenvalue weighted by molar-refractivity contribution is -0.150. The van der Waals surface area contributed by atoms with Crippen molar-refractivity contribution in [2.75, 3.05) is 24.3 Å². The zero-order valence-electron chi connectivity index (χ0n) is 10.9. The van der Waals surface area contributed by atoms with Crippen LogP contribution in [0.5, 0.6) is 0 Å². The van der Waals surface area contributed by atoms with E-state index in [2.05, 4.69) is 5.32 Å². The second kappa shape index (κ2) is 7.89. The van der Waals surface area contributed by atoms with Gasteiger partial charge in [-0.15, -0.1) is 11.8 Å².